The molecule has 21 heavy (non-hydrogen) atoms. The van der Waals surface area contributed by atoms with Gasteiger partial charge in [0.05, 0.1) is 29.6 Å². The fraction of sp³-hybridized carbons (Fsp3) is 0.375. The van der Waals surface area contributed by atoms with Crippen LogP contribution in [0.4, 0.5) is 10.1 Å². The highest BCUT2D eigenvalue weighted by Crippen LogP contribution is 2.63. The first kappa shape index (κ1) is 13.8. The minimum Gasteiger partial charge on any atom is -0.320 e. The van der Waals surface area contributed by atoms with Crippen LogP contribution in [0, 0.1) is 34.9 Å². The Hall–Kier alpha value is -2.19. The van der Waals surface area contributed by atoms with Gasteiger partial charge in [0.15, 0.2) is 0 Å². The van der Waals surface area contributed by atoms with E-state index in [1.165, 1.54) is 18.2 Å². The van der Waals surface area contributed by atoms with Crippen LogP contribution in [0.5, 0.6) is 0 Å². The van der Waals surface area contributed by atoms with Gasteiger partial charge in [-0.3, -0.25) is 9.59 Å². The molecule has 2 fully saturated rings. The molecule has 2 aliphatic rings. The van der Waals surface area contributed by atoms with Gasteiger partial charge in [-0.05, 0) is 23.6 Å². The molecule has 1 aromatic carbocycles. The summed E-state index contributed by atoms with van der Waals surface area (Å²) in [7, 11) is 0. The van der Waals surface area contributed by atoms with Gasteiger partial charge in [-0.25, -0.2) is 9.29 Å². The summed E-state index contributed by atoms with van der Waals surface area (Å²) in [5, 5.41) is 0. The first-order valence-corrected chi connectivity index (χ1v) is 6.76. The number of rotatable bonds is 1. The number of anilines is 1. The van der Waals surface area contributed by atoms with Crippen molar-refractivity contribution in [3.63, 3.8) is 0 Å². The largest absolute Gasteiger partial charge is 0.320 e. The summed E-state index contributed by atoms with van der Waals surface area (Å²) in [5.74, 6) is 3.58. The summed E-state index contributed by atoms with van der Waals surface area (Å²) in [6.45, 7) is 3.95. The van der Waals surface area contributed by atoms with Crippen molar-refractivity contribution < 1.29 is 14.0 Å². The number of nitrogens with zero attached hydrogens (tertiary/aromatic N) is 1. The van der Waals surface area contributed by atoms with Crippen molar-refractivity contribution in [3.8, 4) is 11.8 Å². The third kappa shape index (κ3) is 1.87. The number of nitrogens with two attached hydrogens (primary N) is 1. The topological polar surface area (TPSA) is 63.4 Å². The lowest BCUT2D eigenvalue weighted by atomic mass is 10.0. The minimum absolute atomic E-state index is 0.142. The molecule has 4 nitrogen and oxygen atoms in total. The molecule has 0 aromatic heterocycles. The second-order valence-electron chi connectivity index (χ2n) is 5.96. The maximum atomic E-state index is 13.9. The number of hydrogen-bond donors (Lipinski definition) is 1. The lowest BCUT2D eigenvalue weighted by Crippen LogP contribution is -2.36. The van der Waals surface area contributed by atoms with E-state index in [2.05, 4.69) is 11.8 Å². The quantitative estimate of drug-likeness (QED) is 0.625. The predicted octanol–water partition coefficient (Wildman–Crippen LogP) is 1.28. The molecule has 3 rings (SSSR count). The van der Waals surface area contributed by atoms with Crippen LogP contribution in [0.25, 0.3) is 0 Å². The summed E-state index contributed by atoms with van der Waals surface area (Å²) >= 11 is 0. The molecular formula is C16H15FN2O2. The third-order valence-corrected chi connectivity index (χ3v) is 4.34. The fourth-order valence-electron chi connectivity index (χ4n) is 3.09. The molecular weight excluding hydrogens is 271 g/mol. The average Bonchev–Trinajstić information content (AvgIpc) is 2.88. The molecule has 0 bridgehead atoms. The Morgan fingerprint density at radius 3 is 2.43 bits per heavy atom. The van der Waals surface area contributed by atoms with Crippen LogP contribution in [-0.2, 0) is 9.59 Å². The Morgan fingerprint density at radius 1 is 1.29 bits per heavy atom. The average molecular weight is 286 g/mol. The Bertz CT molecular complexity index is 691. The smallest absolute Gasteiger partial charge is 0.238 e. The number of carbonyl (C=O) groups excluding carboxylic acids is 2. The molecule has 2 atom stereocenters. The number of piperidine rings is 1. The van der Waals surface area contributed by atoms with Crippen molar-refractivity contribution in [1.29, 1.82) is 0 Å². The van der Waals surface area contributed by atoms with E-state index in [1.54, 1.807) is 0 Å². The minimum atomic E-state index is -0.561. The number of benzene rings is 1. The number of carbonyl (C=O) groups is 2. The first-order chi connectivity index (χ1) is 9.89. The van der Waals surface area contributed by atoms with Gasteiger partial charge >= 0.3 is 0 Å². The number of imide groups is 1. The predicted molar refractivity (Wildman–Crippen MR) is 75.6 cm³/mol. The molecule has 108 valence electrons. The molecule has 1 aromatic rings. The molecule has 0 spiro atoms. The van der Waals surface area contributed by atoms with Gasteiger partial charge in [-0.2, -0.15) is 0 Å². The van der Waals surface area contributed by atoms with Crippen LogP contribution in [0.1, 0.15) is 19.4 Å². The van der Waals surface area contributed by atoms with Crippen LogP contribution in [-0.4, -0.2) is 18.4 Å². The standard InChI is InChI=1S/C16H15FN2O2/c1-16(2)12-13(16)15(21)19(14(12)20)10-6-5-9(4-3-7-18)11(17)8-10/h5-6,8,12-13H,7,18H2,1-2H3. The molecule has 1 aliphatic heterocycles. The second-order valence-corrected chi connectivity index (χ2v) is 5.96. The number of hydrogen-bond acceptors (Lipinski definition) is 3. The summed E-state index contributed by atoms with van der Waals surface area (Å²) in [6, 6.07) is 4.17. The maximum absolute atomic E-state index is 13.9. The Morgan fingerprint density at radius 2 is 1.90 bits per heavy atom. The number of halogens is 1. The van der Waals surface area contributed by atoms with Crippen molar-refractivity contribution in [2.75, 3.05) is 11.4 Å². The normalized spacial score (nSPS) is 25.4. The van der Waals surface area contributed by atoms with Crippen LogP contribution >= 0.6 is 0 Å². The highest BCUT2D eigenvalue weighted by molar-refractivity contribution is 6.25. The third-order valence-electron chi connectivity index (χ3n) is 4.34. The van der Waals surface area contributed by atoms with Crippen molar-refractivity contribution in [2.24, 2.45) is 23.0 Å². The lowest BCUT2D eigenvalue weighted by molar-refractivity contribution is -0.125. The van der Waals surface area contributed by atoms with Crippen molar-refractivity contribution in [2.45, 2.75) is 13.8 Å². The molecule has 5 heteroatoms. The van der Waals surface area contributed by atoms with Gasteiger partial charge in [-0.15, -0.1) is 0 Å². The molecule has 1 saturated carbocycles. The highest BCUT2D eigenvalue weighted by atomic mass is 19.1. The summed E-state index contributed by atoms with van der Waals surface area (Å²) in [4.78, 5) is 25.6. The van der Waals surface area contributed by atoms with Gasteiger partial charge in [-0.1, -0.05) is 25.7 Å². The van der Waals surface area contributed by atoms with E-state index in [9.17, 15) is 14.0 Å². The summed E-state index contributed by atoms with van der Waals surface area (Å²) in [6.07, 6.45) is 0. The molecule has 1 saturated heterocycles. The molecule has 1 heterocycles. The number of amides is 2. The van der Waals surface area contributed by atoms with E-state index < -0.39 is 5.82 Å². The second kappa shape index (κ2) is 4.40. The van der Waals surface area contributed by atoms with E-state index in [-0.39, 0.29) is 46.9 Å². The van der Waals surface area contributed by atoms with Crippen LogP contribution < -0.4 is 10.6 Å². The van der Waals surface area contributed by atoms with Crippen LogP contribution in [0.15, 0.2) is 18.2 Å². The monoisotopic (exact) mass is 286 g/mol. The lowest BCUT2D eigenvalue weighted by Gasteiger charge is -2.20. The van der Waals surface area contributed by atoms with Crippen LogP contribution in [0.3, 0.4) is 0 Å². The Kier molecular flexibility index (Phi) is 2.89. The van der Waals surface area contributed by atoms with E-state index in [0.29, 0.717) is 0 Å². The van der Waals surface area contributed by atoms with Crippen molar-refractivity contribution >= 4 is 17.5 Å². The van der Waals surface area contributed by atoms with Crippen LogP contribution in [0.2, 0.25) is 0 Å². The van der Waals surface area contributed by atoms with E-state index in [0.717, 1.165) is 4.90 Å². The zero-order valence-corrected chi connectivity index (χ0v) is 11.8. The summed E-state index contributed by atoms with van der Waals surface area (Å²) < 4.78 is 13.9. The Labute approximate surface area is 122 Å². The molecule has 0 radical (unpaired) electrons. The van der Waals surface area contributed by atoms with Gasteiger partial charge in [0.1, 0.15) is 5.82 Å². The van der Waals surface area contributed by atoms with Gasteiger partial charge in [0.2, 0.25) is 11.8 Å². The van der Waals surface area contributed by atoms with Gasteiger partial charge in [0.25, 0.3) is 0 Å². The van der Waals surface area contributed by atoms with Gasteiger partial charge in [0, 0.05) is 0 Å². The zero-order valence-electron chi connectivity index (χ0n) is 11.8. The van der Waals surface area contributed by atoms with Crippen molar-refractivity contribution in [3.05, 3.63) is 29.6 Å². The molecule has 2 N–H and O–H groups in total. The highest BCUT2D eigenvalue weighted by Gasteiger charge is 2.72. The number of fused-ring (bicyclic) bond motifs is 1. The maximum Gasteiger partial charge on any atom is 0.238 e. The zero-order chi connectivity index (χ0) is 15.4. The molecule has 1 aliphatic carbocycles. The fourth-order valence-corrected chi connectivity index (χ4v) is 3.09. The molecule has 2 unspecified atom stereocenters. The molecule has 2 amide bonds. The van der Waals surface area contributed by atoms with E-state index in [1.807, 2.05) is 13.8 Å². The van der Waals surface area contributed by atoms with Crippen molar-refractivity contribution in [1.82, 2.24) is 0 Å². The van der Waals surface area contributed by atoms with E-state index in [4.69, 9.17) is 5.73 Å². The first-order valence-electron chi connectivity index (χ1n) is 6.76. The van der Waals surface area contributed by atoms with Gasteiger partial charge < -0.3 is 5.73 Å². The Balaban J connectivity index is 1.91. The summed E-state index contributed by atoms with van der Waals surface area (Å²) in [5.41, 5.74) is 5.45. The SMILES string of the molecule is CC1(C)C2C(=O)N(c3ccc(C#CCN)c(F)c3)C(=O)C21. The van der Waals surface area contributed by atoms with E-state index >= 15 is 0 Å².